The van der Waals surface area contributed by atoms with E-state index in [4.69, 9.17) is 4.42 Å². The number of hydrogen-bond acceptors (Lipinski definition) is 7. The summed E-state index contributed by atoms with van der Waals surface area (Å²) in [6.45, 7) is 2.00. The molecule has 5 rings (SSSR count). The highest BCUT2D eigenvalue weighted by atomic mass is 32.2. The van der Waals surface area contributed by atoms with Crippen molar-refractivity contribution >= 4 is 26.4 Å². The first kappa shape index (κ1) is 18.4. The van der Waals surface area contributed by atoms with E-state index in [1.165, 1.54) is 6.07 Å². The summed E-state index contributed by atoms with van der Waals surface area (Å²) in [7, 11) is -3.85. The van der Waals surface area contributed by atoms with Crippen molar-refractivity contribution in [1.82, 2.24) is 29.5 Å². The van der Waals surface area contributed by atoms with Crippen LogP contribution in [0.2, 0.25) is 0 Å². The second-order valence-corrected chi connectivity index (χ2v) is 8.39. The molecular formula is C20H16N6O3S. The van der Waals surface area contributed by atoms with Gasteiger partial charge in [-0.3, -0.25) is 4.98 Å². The molecule has 150 valence electrons. The summed E-state index contributed by atoms with van der Waals surface area (Å²) in [4.78, 5) is 3.97. The summed E-state index contributed by atoms with van der Waals surface area (Å²) in [5, 5.41) is 14.6. The maximum atomic E-state index is 12.6. The molecule has 30 heavy (non-hydrogen) atoms. The van der Waals surface area contributed by atoms with Gasteiger partial charge in [-0.2, -0.15) is 9.61 Å². The van der Waals surface area contributed by atoms with Gasteiger partial charge in [0.25, 0.3) is 10.0 Å². The van der Waals surface area contributed by atoms with E-state index in [0.29, 0.717) is 11.5 Å². The molecule has 0 aliphatic heterocycles. The Labute approximate surface area is 171 Å². The van der Waals surface area contributed by atoms with Gasteiger partial charge in [0, 0.05) is 29.7 Å². The lowest BCUT2D eigenvalue weighted by atomic mass is 10.1. The number of nitrogens with one attached hydrogen (secondary N) is 1. The molecule has 0 bridgehead atoms. The minimum atomic E-state index is -3.85. The lowest BCUT2D eigenvalue weighted by molar-refractivity contribution is 0.452. The first-order valence-corrected chi connectivity index (χ1v) is 10.6. The van der Waals surface area contributed by atoms with Crippen LogP contribution in [0, 0.1) is 6.92 Å². The Hall–Kier alpha value is -3.63. The molecule has 4 aromatic heterocycles. The predicted molar refractivity (Wildman–Crippen MR) is 109 cm³/mol. The maximum Gasteiger partial charge on any atom is 0.274 e. The zero-order valence-corrected chi connectivity index (χ0v) is 16.7. The van der Waals surface area contributed by atoms with Crippen LogP contribution in [-0.2, 0) is 16.6 Å². The first-order chi connectivity index (χ1) is 14.5. The molecule has 9 nitrogen and oxygen atoms in total. The zero-order chi connectivity index (χ0) is 20.7. The van der Waals surface area contributed by atoms with Gasteiger partial charge in [0.2, 0.25) is 10.9 Å². The van der Waals surface area contributed by atoms with Crippen molar-refractivity contribution in [2.45, 2.75) is 18.6 Å². The van der Waals surface area contributed by atoms with Gasteiger partial charge >= 0.3 is 0 Å². The van der Waals surface area contributed by atoms with Gasteiger partial charge in [-0.15, -0.1) is 10.2 Å². The van der Waals surface area contributed by atoms with E-state index in [0.717, 1.165) is 22.0 Å². The number of fused-ring (bicyclic) bond motifs is 3. The van der Waals surface area contributed by atoms with Gasteiger partial charge in [0.15, 0.2) is 11.4 Å². The third-order valence-electron chi connectivity index (χ3n) is 4.70. The van der Waals surface area contributed by atoms with E-state index in [1.54, 1.807) is 35.1 Å². The summed E-state index contributed by atoms with van der Waals surface area (Å²) in [6.07, 6.45) is 3.22. The summed E-state index contributed by atoms with van der Waals surface area (Å²) < 4.78 is 34.9. The van der Waals surface area contributed by atoms with Crippen LogP contribution in [0.1, 0.15) is 11.3 Å². The van der Waals surface area contributed by atoms with E-state index < -0.39 is 10.0 Å². The Balaban J connectivity index is 1.50. The van der Waals surface area contributed by atoms with E-state index in [1.807, 2.05) is 31.2 Å². The Bertz CT molecular complexity index is 1470. The van der Waals surface area contributed by atoms with Crippen LogP contribution in [0.25, 0.3) is 28.0 Å². The molecule has 5 aromatic rings. The number of aromatic nitrogens is 5. The fourth-order valence-corrected chi connectivity index (χ4v) is 4.18. The highest BCUT2D eigenvalue weighted by molar-refractivity contribution is 7.89. The van der Waals surface area contributed by atoms with Gasteiger partial charge in [0.1, 0.15) is 0 Å². The Morgan fingerprint density at radius 2 is 1.87 bits per heavy atom. The number of sulfonamides is 1. The number of benzene rings is 1. The average Bonchev–Trinajstić information content (AvgIpc) is 3.41. The van der Waals surface area contributed by atoms with Crippen molar-refractivity contribution in [3.63, 3.8) is 0 Å². The van der Waals surface area contributed by atoms with Crippen LogP contribution in [0.3, 0.4) is 0 Å². The smallest absolute Gasteiger partial charge is 0.274 e. The van der Waals surface area contributed by atoms with Crippen LogP contribution < -0.4 is 4.72 Å². The van der Waals surface area contributed by atoms with Crippen LogP contribution in [0.4, 0.5) is 0 Å². The highest BCUT2D eigenvalue weighted by Crippen LogP contribution is 2.27. The molecule has 4 heterocycles. The number of hydrogen-bond donors (Lipinski definition) is 1. The van der Waals surface area contributed by atoms with Crippen molar-refractivity contribution < 1.29 is 12.8 Å². The first-order valence-electron chi connectivity index (χ1n) is 9.12. The largest absolute Gasteiger partial charge is 0.440 e. The zero-order valence-electron chi connectivity index (χ0n) is 15.8. The van der Waals surface area contributed by atoms with Crippen LogP contribution in [0.5, 0.6) is 0 Å². The van der Waals surface area contributed by atoms with Crippen LogP contribution in [0.15, 0.2) is 70.4 Å². The Morgan fingerprint density at radius 3 is 2.67 bits per heavy atom. The second kappa shape index (κ2) is 7.01. The van der Waals surface area contributed by atoms with Crippen molar-refractivity contribution in [3.05, 3.63) is 72.2 Å². The third-order valence-corrected chi connectivity index (χ3v) is 5.98. The molecule has 0 saturated heterocycles. The monoisotopic (exact) mass is 420 g/mol. The Kier molecular flexibility index (Phi) is 4.30. The third kappa shape index (κ3) is 3.11. The lowest BCUT2D eigenvalue weighted by Crippen LogP contribution is -2.22. The maximum absolute atomic E-state index is 12.6. The van der Waals surface area contributed by atoms with Crippen molar-refractivity contribution in [2.75, 3.05) is 0 Å². The van der Waals surface area contributed by atoms with Gasteiger partial charge in [-0.05, 0) is 30.7 Å². The average molecular weight is 420 g/mol. The van der Waals surface area contributed by atoms with Gasteiger partial charge in [0.05, 0.1) is 5.69 Å². The molecule has 1 aromatic carbocycles. The van der Waals surface area contributed by atoms with Crippen molar-refractivity contribution in [1.29, 1.82) is 0 Å². The van der Waals surface area contributed by atoms with Gasteiger partial charge < -0.3 is 4.42 Å². The Morgan fingerprint density at radius 1 is 1.03 bits per heavy atom. The van der Waals surface area contributed by atoms with Gasteiger partial charge in [-0.1, -0.05) is 30.3 Å². The summed E-state index contributed by atoms with van der Waals surface area (Å²) in [6, 6.07) is 14.2. The lowest BCUT2D eigenvalue weighted by Gasteiger charge is -2.04. The van der Waals surface area contributed by atoms with Crippen molar-refractivity contribution in [3.8, 4) is 11.6 Å². The highest BCUT2D eigenvalue weighted by Gasteiger charge is 2.22. The summed E-state index contributed by atoms with van der Waals surface area (Å²) in [5.74, 6) is 0.582. The van der Waals surface area contributed by atoms with E-state index in [-0.39, 0.29) is 17.4 Å². The molecule has 0 fully saturated rings. The predicted octanol–water partition coefficient (Wildman–Crippen LogP) is 2.72. The number of pyridine rings is 1. The fourth-order valence-electron chi connectivity index (χ4n) is 3.23. The van der Waals surface area contributed by atoms with Gasteiger partial charge in [-0.25, -0.2) is 13.1 Å². The molecule has 0 atom stereocenters. The number of furan rings is 1. The molecule has 0 spiro atoms. The molecule has 0 unspecified atom stereocenters. The standard InChI is InChI=1S/C20H16N6O3S/c1-13-15-6-2-3-7-16(15)19-23-24-20(26(19)25-13)17-8-9-18(29-17)30(27,28)22-12-14-5-4-10-21-11-14/h2-11,22H,12H2,1H3. The van der Waals surface area contributed by atoms with E-state index in [9.17, 15) is 8.42 Å². The second-order valence-electron chi connectivity index (χ2n) is 6.69. The minimum Gasteiger partial charge on any atom is -0.440 e. The molecule has 0 radical (unpaired) electrons. The quantitative estimate of drug-likeness (QED) is 0.465. The van der Waals surface area contributed by atoms with E-state index >= 15 is 0 Å². The fraction of sp³-hybridized carbons (Fsp3) is 0.100. The molecule has 0 amide bonds. The van der Waals surface area contributed by atoms with Crippen molar-refractivity contribution in [2.24, 2.45) is 0 Å². The van der Waals surface area contributed by atoms with Crippen LogP contribution in [-0.4, -0.2) is 33.2 Å². The number of aryl methyl sites for hydroxylation is 1. The molecule has 0 aliphatic carbocycles. The summed E-state index contributed by atoms with van der Waals surface area (Å²) in [5.41, 5.74) is 2.11. The topological polar surface area (TPSA) is 115 Å². The minimum absolute atomic E-state index is 0.104. The molecular weight excluding hydrogens is 404 g/mol. The molecule has 10 heteroatoms. The SMILES string of the molecule is Cc1nn2c(-c3ccc(S(=O)(=O)NCc4cccnc4)o3)nnc2c2ccccc12. The number of nitrogens with zero attached hydrogens (tertiary/aromatic N) is 5. The molecule has 0 aliphatic rings. The number of rotatable bonds is 5. The summed E-state index contributed by atoms with van der Waals surface area (Å²) >= 11 is 0. The molecule has 1 N–H and O–H groups in total. The van der Waals surface area contributed by atoms with E-state index in [2.05, 4.69) is 25.0 Å². The molecule has 0 saturated carbocycles. The van der Waals surface area contributed by atoms with Crippen LogP contribution >= 0.6 is 0 Å². The normalized spacial score (nSPS) is 12.0.